The third kappa shape index (κ3) is 3.45. The van der Waals surface area contributed by atoms with Crippen molar-refractivity contribution in [1.82, 2.24) is 0 Å². The second-order valence-corrected chi connectivity index (χ2v) is 4.93. The molecule has 1 aromatic heterocycles. The lowest BCUT2D eigenvalue weighted by atomic mass is 10.2. The average molecular weight is 256 g/mol. The Bertz CT molecular complexity index is 428. The second kappa shape index (κ2) is 5.67. The summed E-state index contributed by atoms with van der Waals surface area (Å²) in [6, 6.07) is 1.75. The van der Waals surface area contributed by atoms with Gasteiger partial charge in [0.15, 0.2) is 0 Å². The van der Waals surface area contributed by atoms with Crippen molar-refractivity contribution in [1.29, 1.82) is 0 Å². The smallest absolute Gasteiger partial charge is 0.308 e. The third-order valence-corrected chi connectivity index (χ3v) is 3.62. The van der Waals surface area contributed by atoms with Gasteiger partial charge in [-0.2, -0.15) is 0 Å². The maximum atomic E-state index is 11.2. The maximum Gasteiger partial charge on any atom is 0.308 e. The highest BCUT2D eigenvalue weighted by atomic mass is 32.1. The molecule has 0 bridgehead atoms. The van der Waals surface area contributed by atoms with Gasteiger partial charge in [-0.05, 0) is 12.5 Å². The SMILES string of the molecule is CCc1cc(C(N)=O)c(NCC(C)C(=O)O)s1. The van der Waals surface area contributed by atoms with Crippen molar-refractivity contribution < 1.29 is 14.7 Å². The summed E-state index contributed by atoms with van der Waals surface area (Å²) in [5.74, 6) is -1.88. The molecule has 0 spiro atoms. The Hall–Kier alpha value is -1.56. The number of primary amides is 1. The molecule has 1 atom stereocenters. The van der Waals surface area contributed by atoms with E-state index < -0.39 is 17.8 Å². The van der Waals surface area contributed by atoms with Crippen LogP contribution in [0.3, 0.4) is 0 Å². The van der Waals surface area contributed by atoms with Gasteiger partial charge >= 0.3 is 5.97 Å². The van der Waals surface area contributed by atoms with E-state index in [9.17, 15) is 9.59 Å². The van der Waals surface area contributed by atoms with E-state index in [4.69, 9.17) is 10.8 Å². The van der Waals surface area contributed by atoms with E-state index >= 15 is 0 Å². The van der Waals surface area contributed by atoms with Crippen LogP contribution in [0.4, 0.5) is 5.00 Å². The van der Waals surface area contributed by atoms with Gasteiger partial charge in [0.25, 0.3) is 5.91 Å². The number of aryl methyl sites for hydroxylation is 1. The number of carboxylic acid groups (broad SMARTS) is 1. The van der Waals surface area contributed by atoms with Crippen LogP contribution >= 0.6 is 11.3 Å². The average Bonchev–Trinajstić information content (AvgIpc) is 2.69. The Kier molecular flexibility index (Phi) is 4.51. The molecule has 0 fully saturated rings. The number of carbonyl (C=O) groups excluding carboxylic acids is 1. The first-order valence-corrected chi connectivity index (χ1v) is 6.16. The molecule has 1 aromatic rings. The summed E-state index contributed by atoms with van der Waals surface area (Å²) in [6.45, 7) is 3.87. The van der Waals surface area contributed by atoms with Crippen LogP contribution < -0.4 is 11.1 Å². The lowest BCUT2D eigenvalue weighted by Crippen LogP contribution is -2.20. The van der Waals surface area contributed by atoms with Gasteiger partial charge in [0.2, 0.25) is 0 Å². The molecule has 4 N–H and O–H groups in total. The van der Waals surface area contributed by atoms with Gasteiger partial charge in [0, 0.05) is 11.4 Å². The maximum absolute atomic E-state index is 11.2. The molecule has 0 radical (unpaired) electrons. The van der Waals surface area contributed by atoms with Crippen LogP contribution in [-0.2, 0) is 11.2 Å². The van der Waals surface area contributed by atoms with Gasteiger partial charge in [-0.1, -0.05) is 13.8 Å². The van der Waals surface area contributed by atoms with Gasteiger partial charge in [-0.3, -0.25) is 9.59 Å². The number of hydrogen-bond acceptors (Lipinski definition) is 4. The van der Waals surface area contributed by atoms with E-state index in [-0.39, 0.29) is 6.54 Å². The fourth-order valence-corrected chi connectivity index (χ4v) is 2.27. The van der Waals surface area contributed by atoms with Crippen LogP contribution in [0.25, 0.3) is 0 Å². The predicted octanol–water partition coefficient (Wildman–Crippen LogP) is 1.54. The molecule has 0 saturated heterocycles. The highest BCUT2D eigenvalue weighted by Gasteiger charge is 2.15. The molecule has 0 aliphatic rings. The molecular formula is C11H16N2O3S. The molecule has 5 nitrogen and oxygen atoms in total. The summed E-state index contributed by atoms with van der Waals surface area (Å²) in [7, 11) is 0. The number of anilines is 1. The Labute approximate surface area is 104 Å². The zero-order valence-electron chi connectivity index (χ0n) is 9.82. The fourth-order valence-electron chi connectivity index (χ4n) is 1.26. The van der Waals surface area contributed by atoms with Crippen LogP contribution in [-0.4, -0.2) is 23.5 Å². The Balaban J connectivity index is 2.79. The number of rotatable bonds is 6. The van der Waals surface area contributed by atoms with Gasteiger partial charge in [-0.25, -0.2) is 0 Å². The highest BCUT2D eigenvalue weighted by Crippen LogP contribution is 2.28. The van der Waals surface area contributed by atoms with Gasteiger partial charge in [0.1, 0.15) is 5.00 Å². The minimum Gasteiger partial charge on any atom is -0.481 e. The van der Waals surface area contributed by atoms with Crippen molar-refractivity contribution in [2.75, 3.05) is 11.9 Å². The molecule has 0 saturated carbocycles. The summed E-state index contributed by atoms with van der Waals surface area (Å²) in [4.78, 5) is 22.9. The van der Waals surface area contributed by atoms with E-state index in [2.05, 4.69) is 5.32 Å². The van der Waals surface area contributed by atoms with E-state index in [1.807, 2.05) is 6.92 Å². The second-order valence-electron chi connectivity index (χ2n) is 3.79. The van der Waals surface area contributed by atoms with E-state index in [0.29, 0.717) is 10.6 Å². The van der Waals surface area contributed by atoms with Crippen LogP contribution in [0.5, 0.6) is 0 Å². The number of amides is 1. The summed E-state index contributed by atoms with van der Waals surface area (Å²) in [5.41, 5.74) is 5.69. The lowest BCUT2D eigenvalue weighted by Gasteiger charge is -2.08. The van der Waals surface area contributed by atoms with Crippen LogP contribution in [0.2, 0.25) is 0 Å². The fraction of sp³-hybridized carbons (Fsp3) is 0.455. The molecule has 0 aromatic carbocycles. The van der Waals surface area contributed by atoms with Crippen molar-refractivity contribution in [3.05, 3.63) is 16.5 Å². The predicted molar refractivity (Wildman–Crippen MR) is 67.5 cm³/mol. The molecule has 94 valence electrons. The van der Waals surface area contributed by atoms with Crippen LogP contribution in [0.1, 0.15) is 29.1 Å². The molecule has 1 amide bonds. The van der Waals surface area contributed by atoms with E-state index in [1.54, 1.807) is 13.0 Å². The number of thiophene rings is 1. The largest absolute Gasteiger partial charge is 0.481 e. The summed E-state index contributed by atoms with van der Waals surface area (Å²) in [6.07, 6.45) is 0.821. The minimum atomic E-state index is -0.870. The number of carbonyl (C=O) groups is 2. The molecule has 6 heteroatoms. The van der Waals surface area contributed by atoms with E-state index in [1.165, 1.54) is 11.3 Å². The van der Waals surface area contributed by atoms with Crippen LogP contribution in [0.15, 0.2) is 6.07 Å². The molecule has 0 aliphatic carbocycles. The first kappa shape index (κ1) is 13.5. The van der Waals surface area contributed by atoms with Gasteiger partial charge in [-0.15, -0.1) is 11.3 Å². The third-order valence-electron chi connectivity index (χ3n) is 2.39. The first-order chi connectivity index (χ1) is 7.95. The zero-order chi connectivity index (χ0) is 13.0. The highest BCUT2D eigenvalue weighted by molar-refractivity contribution is 7.16. The van der Waals surface area contributed by atoms with Crippen LogP contribution in [0, 0.1) is 5.92 Å². The lowest BCUT2D eigenvalue weighted by molar-refractivity contribution is -0.140. The van der Waals surface area contributed by atoms with Crippen molar-refractivity contribution in [3.8, 4) is 0 Å². The Morgan fingerprint density at radius 3 is 2.71 bits per heavy atom. The van der Waals surface area contributed by atoms with Crippen molar-refractivity contribution in [2.45, 2.75) is 20.3 Å². The summed E-state index contributed by atoms with van der Waals surface area (Å²) in [5, 5.41) is 12.4. The molecule has 1 heterocycles. The van der Waals surface area contributed by atoms with E-state index in [0.717, 1.165) is 11.3 Å². The number of nitrogens with one attached hydrogen (secondary N) is 1. The standard InChI is InChI=1S/C11H16N2O3S/c1-3-7-4-8(9(12)14)10(17-7)13-5-6(2)11(15)16/h4,6,13H,3,5H2,1-2H3,(H2,12,14)(H,15,16). The molecule has 0 aliphatic heterocycles. The van der Waals surface area contributed by atoms with Gasteiger partial charge < -0.3 is 16.2 Å². The normalized spacial score (nSPS) is 12.1. The summed E-state index contributed by atoms with van der Waals surface area (Å²) < 4.78 is 0. The monoisotopic (exact) mass is 256 g/mol. The Morgan fingerprint density at radius 1 is 1.59 bits per heavy atom. The van der Waals surface area contributed by atoms with Gasteiger partial charge in [0.05, 0.1) is 11.5 Å². The number of carboxylic acids is 1. The van der Waals surface area contributed by atoms with Crippen molar-refractivity contribution in [2.24, 2.45) is 11.7 Å². The summed E-state index contributed by atoms with van der Waals surface area (Å²) >= 11 is 1.44. The molecule has 17 heavy (non-hydrogen) atoms. The van der Waals surface area contributed by atoms with Crippen molar-refractivity contribution in [3.63, 3.8) is 0 Å². The topological polar surface area (TPSA) is 92.4 Å². The number of hydrogen-bond donors (Lipinski definition) is 3. The quantitative estimate of drug-likeness (QED) is 0.720. The molecule has 1 rings (SSSR count). The molecular weight excluding hydrogens is 240 g/mol. The molecule has 1 unspecified atom stereocenters. The number of aliphatic carboxylic acids is 1. The minimum absolute atomic E-state index is 0.277. The zero-order valence-corrected chi connectivity index (χ0v) is 10.6. The first-order valence-electron chi connectivity index (χ1n) is 5.34. The van der Waals surface area contributed by atoms with Crippen molar-refractivity contribution >= 4 is 28.2 Å². The Morgan fingerprint density at radius 2 is 2.24 bits per heavy atom. The number of nitrogens with two attached hydrogens (primary N) is 1.